The molecule has 0 bridgehead atoms. The van der Waals surface area contributed by atoms with Gasteiger partial charge in [-0.05, 0) is 23.8 Å². The van der Waals surface area contributed by atoms with Crippen LogP contribution in [0.5, 0.6) is 23.0 Å². The molecule has 6 heteroatoms. The van der Waals surface area contributed by atoms with Gasteiger partial charge in [-0.2, -0.15) is 0 Å². The van der Waals surface area contributed by atoms with Crippen LogP contribution >= 0.6 is 0 Å². The molecule has 3 aliphatic heterocycles. The van der Waals surface area contributed by atoms with Crippen LogP contribution in [0.3, 0.4) is 0 Å². The van der Waals surface area contributed by atoms with Gasteiger partial charge < -0.3 is 23.7 Å². The Kier molecular flexibility index (Phi) is 2.94. The molecule has 0 aromatic heterocycles. The van der Waals surface area contributed by atoms with Gasteiger partial charge in [0.15, 0.2) is 17.3 Å². The summed E-state index contributed by atoms with van der Waals surface area (Å²) in [6.45, 7) is 0.319. The van der Waals surface area contributed by atoms with Crippen LogP contribution in [0.25, 0.3) is 0 Å². The lowest BCUT2D eigenvalue weighted by Gasteiger charge is -2.26. The fraction of sp³-hybridized carbons (Fsp3) is 0.211. The Morgan fingerprint density at radius 3 is 2.72 bits per heavy atom. The van der Waals surface area contributed by atoms with E-state index in [1.807, 2.05) is 30.3 Å². The lowest BCUT2D eigenvalue weighted by molar-refractivity contribution is -0.136. The Hall–Kier alpha value is -3.15. The van der Waals surface area contributed by atoms with Crippen molar-refractivity contribution < 1.29 is 28.5 Å². The average molecular weight is 338 g/mol. The minimum absolute atomic E-state index is 0.141. The molecule has 3 aliphatic rings. The van der Waals surface area contributed by atoms with Gasteiger partial charge in [-0.25, -0.2) is 4.79 Å². The van der Waals surface area contributed by atoms with E-state index in [0.29, 0.717) is 28.6 Å². The Bertz CT molecular complexity index is 930. The molecule has 3 heterocycles. The monoisotopic (exact) mass is 338 g/mol. The van der Waals surface area contributed by atoms with Crippen molar-refractivity contribution in [1.29, 1.82) is 0 Å². The molecule has 126 valence electrons. The van der Waals surface area contributed by atoms with Gasteiger partial charge in [0.05, 0.1) is 12.7 Å². The van der Waals surface area contributed by atoms with Crippen LogP contribution in [0.15, 0.2) is 47.7 Å². The van der Waals surface area contributed by atoms with Gasteiger partial charge in [-0.15, -0.1) is 0 Å². The van der Waals surface area contributed by atoms with Crippen LogP contribution < -0.4 is 18.9 Å². The maximum atomic E-state index is 12.3. The predicted molar refractivity (Wildman–Crippen MR) is 86.0 cm³/mol. The molecule has 5 rings (SSSR count). The average Bonchev–Trinajstić information content (AvgIpc) is 3.24. The van der Waals surface area contributed by atoms with Crippen LogP contribution in [0, 0.1) is 0 Å². The summed E-state index contributed by atoms with van der Waals surface area (Å²) in [5.74, 6) is 2.53. The summed E-state index contributed by atoms with van der Waals surface area (Å²) < 4.78 is 27.4. The molecule has 1 unspecified atom stereocenters. The van der Waals surface area contributed by atoms with E-state index in [1.54, 1.807) is 13.2 Å². The highest BCUT2D eigenvalue weighted by Crippen LogP contribution is 2.50. The molecule has 0 saturated carbocycles. The molecule has 0 spiro atoms. The number of carbonyl (C=O) groups excluding carboxylic acids is 1. The number of ether oxygens (including phenoxy) is 5. The SMILES string of the molecule is COc1cccc(C2C3=C(COC3=O)Oc3cc4c(cc32)OCO4)c1. The summed E-state index contributed by atoms with van der Waals surface area (Å²) in [4.78, 5) is 12.3. The molecular formula is C19H14O6. The number of esters is 1. The Labute approximate surface area is 143 Å². The molecule has 0 saturated heterocycles. The van der Waals surface area contributed by atoms with Crippen molar-refractivity contribution in [2.24, 2.45) is 0 Å². The molecule has 2 aromatic carbocycles. The van der Waals surface area contributed by atoms with Crippen LogP contribution in [0.4, 0.5) is 0 Å². The third kappa shape index (κ3) is 2.07. The summed E-state index contributed by atoms with van der Waals surface area (Å²) in [7, 11) is 1.61. The standard InChI is InChI=1S/C19H14O6/c1-21-11-4-2-3-10(5-11)17-12-6-14-15(24-9-23-14)7-13(12)25-16-8-22-19(20)18(16)17/h2-7,17H,8-9H2,1H3. The molecule has 0 radical (unpaired) electrons. The molecule has 0 amide bonds. The third-order valence-electron chi connectivity index (χ3n) is 4.62. The molecule has 0 aliphatic carbocycles. The number of cyclic esters (lactones) is 1. The van der Waals surface area contributed by atoms with Crippen molar-refractivity contribution in [1.82, 2.24) is 0 Å². The summed E-state index contributed by atoms with van der Waals surface area (Å²) in [6, 6.07) is 11.3. The zero-order valence-electron chi connectivity index (χ0n) is 13.4. The zero-order chi connectivity index (χ0) is 17.0. The van der Waals surface area contributed by atoms with E-state index in [-0.39, 0.29) is 25.3 Å². The highest BCUT2D eigenvalue weighted by atomic mass is 16.7. The normalized spacial score (nSPS) is 19.9. The molecular weight excluding hydrogens is 324 g/mol. The van der Waals surface area contributed by atoms with E-state index < -0.39 is 0 Å². The van der Waals surface area contributed by atoms with Crippen molar-refractivity contribution in [2.45, 2.75) is 5.92 Å². The van der Waals surface area contributed by atoms with E-state index in [1.165, 1.54) is 0 Å². The largest absolute Gasteiger partial charge is 0.497 e. The molecule has 2 aromatic rings. The van der Waals surface area contributed by atoms with Gasteiger partial charge in [0.2, 0.25) is 6.79 Å². The summed E-state index contributed by atoms with van der Waals surface area (Å²) >= 11 is 0. The van der Waals surface area contributed by atoms with Gasteiger partial charge in [0.25, 0.3) is 0 Å². The number of benzene rings is 2. The highest BCUT2D eigenvalue weighted by Gasteiger charge is 2.41. The van der Waals surface area contributed by atoms with Crippen molar-refractivity contribution in [3.8, 4) is 23.0 Å². The molecule has 25 heavy (non-hydrogen) atoms. The molecule has 1 atom stereocenters. The highest BCUT2D eigenvalue weighted by molar-refractivity contribution is 5.95. The van der Waals surface area contributed by atoms with Gasteiger partial charge in [0.1, 0.15) is 18.1 Å². The Morgan fingerprint density at radius 1 is 1.04 bits per heavy atom. The quantitative estimate of drug-likeness (QED) is 0.785. The maximum Gasteiger partial charge on any atom is 0.339 e. The van der Waals surface area contributed by atoms with E-state index in [0.717, 1.165) is 16.9 Å². The van der Waals surface area contributed by atoms with Crippen molar-refractivity contribution in [3.63, 3.8) is 0 Å². The minimum Gasteiger partial charge on any atom is -0.497 e. The van der Waals surface area contributed by atoms with Gasteiger partial charge >= 0.3 is 5.97 Å². The zero-order valence-corrected chi connectivity index (χ0v) is 13.4. The first-order valence-corrected chi connectivity index (χ1v) is 7.90. The molecule has 0 N–H and O–H groups in total. The second-order valence-electron chi connectivity index (χ2n) is 5.97. The van der Waals surface area contributed by atoms with Crippen molar-refractivity contribution in [3.05, 3.63) is 58.9 Å². The van der Waals surface area contributed by atoms with E-state index in [2.05, 4.69) is 0 Å². The van der Waals surface area contributed by atoms with Crippen LogP contribution in [-0.2, 0) is 9.53 Å². The van der Waals surface area contributed by atoms with E-state index in [4.69, 9.17) is 23.7 Å². The number of carbonyl (C=O) groups is 1. The van der Waals surface area contributed by atoms with E-state index >= 15 is 0 Å². The van der Waals surface area contributed by atoms with Crippen LogP contribution in [-0.4, -0.2) is 26.5 Å². The summed E-state index contributed by atoms with van der Waals surface area (Å²) in [5, 5.41) is 0. The van der Waals surface area contributed by atoms with Gasteiger partial charge in [0, 0.05) is 17.5 Å². The first-order chi connectivity index (χ1) is 12.2. The molecule has 0 fully saturated rings. The van der Waals surface area contributed by atoms with Crippen molar-refractivity contribution in [2.75, 3.05) is 20.5 Å². The lowest BCUT2D eigenvalue weighted by Crippen LogP contribution is -2.18. The second kappa shape index (κ2) is 5.17. The maximum absolute atomic E-state index is 12.3. The fourth-order valence-corrected chi connectivity index (χ4v) is 3.47. The van der Waals surface area contributed by atoms with Gasteiger partial charge in [-0.1, -0.05) is 12.1 Å². The minimum atomic E-state index is -0.355. The number of rotatable bonds is 2. The Morgan fingerprint density at radius 2 is 1.88 bits per heavy atom. The first-order valence-electron chi connectivity index (χ1n) is 7.90. The first kappa shape index (κ1) is 14.2. The third-order valence-corrected chi connectivity index (χ3v) is 4.62. The topological polar surface area (TPSA) is 63.2 Å². The predicted octanol–water partition coefficient (Wildman–Crippen LogP) is 2.76. The smallest absolute Gasteiger partial charge is 0.339 e. The number of hydrogen-bond acceptors (Lipinski definition) is 6. The van der Waals surface area contributed by atoms with Crippen molar-refractivity contribution >= 4 is 5.97 Å². The summed E-state index contributed by atoms with van der Waals surface area (Å²) in [5.41, 5.74) is 2.30. The molecule has 6 nitrogen and oxygen atoms in total. The van der Waals surface area contributed by atoms with Crippen LogP contribution in [0.1, 0.15) is 17.0 Å². The second-order valence-corrected chi connectivity index (χ2v) is 5.97. The van der Waals surface area contributed by atoms with Crippen LogP contribution in [0.2, 0.25) is 0 Å². The summed E-state index contributed by atoms with van der Waals surface area (Å²) in [6.07, 6.45) is 0. The number of fused-ring (bicyclic) bond motifs is 2. The number of hydrogen-bond donors (Lipinski definition) is 0. The van der Waals surface area contributed by atoms with E-state index in [9.17, 15) is 4.79 Å². The fourth-order valence-electron chi connectivity index (χ4n) is 3.47. The Balaban J connectivity index is 1.72. The lowest BCUT2D eigenvalue weighted by atomic mass is 9.82. The van der Waals surface area contributed by atoms with Gasteiger partial charge in [-0.3, -0.25) is 0 Å². The number of methoxy groups -OCH3 is 1.